The van der Waals surface area contributed by atoms with Crippen molar-refractivity contribution in [1.29, 1.82) is 0 Å². The monoisotopic (exact) mass is 782 g/mol. The quantitative estimate of drug-likeness (QED) is 0.0789. The fraction of sp³-hybridized carbons (Fsp3) is 0.132. The van der Waals surface area contributed by atoms with Crippen LogP contribution in [0.5, 0.6) is 0 Å². The molecule has 0 spiro atoms. The summed E-state index contributed by atoms with van der Waals surface area (Å²) in [5.74, 6) is 0.00183. The molecule has 53 heavy (non-hydrogen) atoms. The number of fused-ring (bicyclic) bond motifs is 1. The first-order valence-electron chi connectivity index (χ1n) is 16.4. The van der Waals surface area contributed by atoms with Crippen molar-refractivity contribution in [3.63, 3.8) is 0 Å². The molecule has 7 rings (SSSR count). The van der Waals surface area contributed by atoms with E-state index in [1.807, 2.05) is 54.0 Å². The Morgan fingerprint density at radius 3 is 2.42 bits per heavy atom. The number of rotatable bonds is 10. The second-order valence-electron chi connectivity index (χ2n) is 11.6. The minimum atomic E-state index is -0.910. The first-order valence-corrected chi connectivity index (χ1v) is 18.7. The molecule has 6 aromatic rings. The Morgan fingerprint density at radius 1 is 0.962 bits per heavy atom. The molecule has 0 saturated heterocycles. The van der Waals surface area contributed by atoms with Gasteiger partial charge in [0.25, 0.3) is 11.2 Å². The number of hydrogen-bond donors (Lipinski definition) is 0. The number of esters is 1. The number of nitro groups is 1. The molecule has 15 heteroatoms. The molecular weight excluding hydrogens is 755 g/mol. The van der Waals surface area contributed by atoms with Gasteiger partial charge < -0.3 is 9.30 Å². The lowest BCUT2D eigenvalue weighted by Crippen LogP contribution is -2.40. The van der Waals surface area contributed by atoms with Crippen LogP contribution in [0.2, 0.25) is 10.0 Å². The Labute approximate surface area is 320 Å². The maximum absolute atomic E-state index is 14.5. The van der Waals surface area contributed by atoms with Gasteiger partial charge in [0.05, 0.1) is 33.4 Å². The summed E-state index contributed by atoms with van der Waals surface area (Å²) < 4.78 is 9.17. The third-order valence-corrected chi connectivity index (χ3v) is 10.9. The van der Waals surface area contributed by atoms with E-state index in [2.05, 4.69) is 10.2 Å². The predicted octanol–water partition coefficient (Wildman–Crippen LogP) is 7.58. The minimum absolute atomic E-state index is 0.113. The van der Waals surface area contributed by atoms with Crippen LogP contribution in [-0.2, 0) is 16.1 Å². The van der Waals surface area contributed by atoms with E-state index in [1.54, 1.807) is 55.5 Å². The second kappa shape index (κ2) is 15.3. The van der Waals surface area contributed by atoms with E-state index >= 15 is 0 Å². The predicted molar refractivity (Wildman–Crippen MR) is 206 cm³/mol. The van der Waals surface area contributed by atoms with Crippen molar-refractivity contribution in [3.8, 4) is 11.4 Å². The van der Waals surface area contributed by atoms with Gasteiger partial charge in [-0.15, -0.1) is 10.2 Å². The first kappa shape index (κ1) is 36.0. The number of halogens is 2. The highest BCUT2D eigenvalue weighted by atomic mass is 35.5. The smallest absolute Gasteiger partial charge is 0.338 e. The van der Waals surface area contributed by atoms with Gasteiger partial charge in [-0.25, -0.2) is 9.79 Å². The Balaban J connectivity index is 1.42. The summed E-state index contributed by atoms with van der Waals surface area (Å²) in [5, 5.41) is 22.4. The molecular formula is C38H28Cl2N6O5S2. The van der Waals surface area contributed by atoms with Gasteiger partial charge in [-0.2, -0.15) is 0 Å². The zero-order chi connectivity index (χ0) is 37.2. The van der Waals surface area contributed by atoms with Crippen molar-refractivity contribution in [2.45, 2.75) is 36.5 Å². The van der Waals surface area contributed by atoms with Crippen LogP contribution in [0.3, 0.4) is 0 Å². The molecule has 0 fully saturated rings. The fourth-order valence-electron chi connectivity index (χ4n) is 5.99. The molecule has 1 atom stereocenters. The SMILES string of the molecule is CCOC(=O)C1=C(c2ccccc2)N=c2s/c(=C/c3cc([N+](=O)[O-])ccc3Sc3nnc(-c4cccc(Cl)c4)n3CC)c(=O)n2[C@@H]1c1ccc(Cl)cc1. The topological polar surface area (TPSA) is 135 Å². The number of nitrogens with zero attached hydrogens (tertiary/aromatic N) is 6. The van der Waals surface area contributed by atoms with Gasteiger partial charge in [-0.1, -0.05) is 89.1 Å². The van der Waals surface area contributed by atoms with E-state index < -0.39 is 22.5 Å². The number of benzene rings is 4. The highest BCUT2D eigenvalue weighted by molar-refractivity contribution is 7.99. The third kappa shape index (κ3) is 7.20. The van der Waals surface area contributed by atoms with Crippen LogP contribution in [0.1, 0.15) is 36.6 Å². The second-order valence-corrected chi connectivity index (χ2v) is 14.5. The fourth-order valence-corrected chi connectivity index (χ4v) is 8.27. The van der Waals surface area contributed by atoms with Gasteiger partial charge in [0.1, 0.15) is 0 Å². The highest BCUT2D eigenvalue weighted by Gasteiger charge is 2.35. The van der Waals surface area contributed by atoms with Gasteiger partial charge in [0.2, 0.25) is 0 Å². The molecule has 11 nitrogen and oxygen atoms in total. The summed E-state index contributed by atoms with van der Waals surface area (Å²) in [6.07, 6.45) is 1.61. The Kier molecular flexibility index (Phi) is 10.4. The summed E-state index contributed by atoms with van der Waals surface area (Å²) in [7, 11) is 0. The van der Waals surface area contributed by atoms with Crippen LogP contribution in [0.4, 0.5) is 5.69 Å². The van der Waals surface area contributed by atoms with E-state index in [-0.39, 0.29) is 22.4 Å². The highest BCUT2D eigenvalue weighted by Crippen LogP contribution is 2.37. The standard InChI is InChI=1S/C38H28Cl2N6O5S2/c1-3-44-34(24-11-8-12-27(40)19-24)42-43-38(44)52-29-18-17-28(46(49)50)20-25(29)21-30-35(47)45-33(23-13-15-26(39)16-14-23)31(36(48)51-4-2)32(41-37(45)53-30)22-9-6-5-7-10-22/h5-21,33H,3-4H2,1-2H3/b30-21+/t33-/m1/s1. The van der Waals surface area contributed by atoms with Crippen molar-refractivity contribution < 1.29 is 14.5 Å². The number of nitro benzene ring substituents is 1. The van der Waals surface area contributed by atoms with E-state index in [1.165, 1.54) is 28.5 Å². The molecule has 0 saturated carbocycles. The van der Waals surface area contributed by atoms with Gasteiger partial charge in [0, 0.05) is 44.7 Å². The number of carbonyl (C=O) groups is 1. The van der Waals surface area contributed by atoms with Crippen molar-refractivity contribution in [3.05, 3.63) is 159 Å². The molecule has 2 aromatic heterocycles. The van der Waals surface area contributed by atoms with E-state index in [9.17, 15) is 19.7 Å². The molecule has 0 radical (unpaired) electrons. The van der Waals surface area contributed by atoms with Crippen LogP contribution >= 0.6 is 46.3 Å². The normalized spacial score (nSPS) is 14.2. The lowest BCUT2D eigenvalue weighted by atomic mass is 9.93. The molecule has 0 unspecified atom stereocenters. The van der Waals surface area contributed by atoms with Crippen LogP contribution < -0.4 is 14.9 Å². The molecule has 266 valence electrons. The van der Waals surface area contributed by atoms with Gasteiger partial charge >= 0.3 is 5.97 Å². The number of aromatic nitrogens is 4. The van der Waals surface area contributed by atoms with E-state index in [4.69, 9.17) is 32.9 Å². The third-order valence-electron chi connectivity index (χ3n) is 8.37. The maximum atomic E-state index is 14.5. The van der Waals surface area contributed by atoms with Crippen molar-refractivity contribution in [2.75, 3.05) is 6.61 Å². The number of thiazole rings is 1. The van der Waals surface area contributed by atoms with Crippen molar-refractivity contribution >= 4 is 69.7 Å². The van der Waals surface area contributed by atoms with Crippen LogP contribution in [-0.4, -0.2) is 36.8 Å². The molecule has 1 aliphatic heterocycles. The lowest BCUT2D eigenvalue weighted by molar-refractivity contribution is -0.384. The van der Waals surface area contributed by atoms with Gasteiger partial charge in [0.15, 0.2) is 15.8 Å². The number of non-ortho nitro benzene ring substituents is 1. The summed E-state index contributed by atoms with van der Waals surface area (Å²) in [6, 6.07) is 27.0. The van der Waals surface area contributed by atoms with Gasteiger partial charge in [-0.3, -0.25) is 19.5 Å². The van der Waals surface area contributed by atoms with Gasteiger partial charge in [-0.05, 0) is 73.1 Å². The lowest BCUT2D eigenvalue weighted by Gasteiger charge is -2.25. The zero-order valence-corrected chi connectivity index (χ0v) is 31.2. The zero-order valence-electron chi connectivity index (χ0n) is 28.1. The first-order chi connectivity index (χ1) is 25.7. The van der Waals surface area contributed by atoms with Crippen molar-refractivity contribution in [2.24, 2.45) is 4.99 Å². The molecule has 1 aliphatic rings. The molecule has 3 heterocycles. The molecule has 0 bridgehead atoms. The average Bonchev–Trinajstić information content (AvgIpc) is 3.71. The summed E-state index contributed by atoms with van der Waals surface area (Å²) in [6.45, 7) is 4.32. The van der Waals surface area contributed by atoms with E-state index in [0.717, 1.165) is 16.9 Å². The molecule has 0 aliphatic carbocycles. The van der Waals surface area contributed by atoms with E-state index in [0.29, 0.717) is 59.7 Å². The Bertz CT molecular complexity index is 2600. The summed E-state index contributed by atoms with van der Waals surface area (Å²) in [4.78, 5) is 45.6. The molecule has 4 aromatic carbocycles. The van der Waals surface area contributed by atoms with Crippen LogP contribution in [0.25, 0.3) is 23.2 Å². The van der Waals surface area contributed by atoms with Crippen molar-refractivity contribution in [1.82, 2.24) is 19.3 Å². The Morgan fingerprint density at radius 2 is 1.72 bits per heavy atom. The number of carbonyl (C=O) groups excluding carboxylic acids is 1. The number of hydrogen-bond acceptors (Lipinski definition) is 10. The van der Waals surface area contributed by atoms with Crippen LogP contribution in [0, 0.1) is 10.1 Å². The average molecular weight is 784 g/mol. The minimum Gasteiger partial charge on any atom is -0.463 e. The summed E-state index contributed by atoms with van der Waals surface area (Å²) in [5.41, 5.74) is 2.47. The Hall–Kier alpha value is -5.34. The largest absolute Gasteiger partial charge is 0.463 e. The number of ether oxygens (including phenoxy) is 1. The summed E-state index contributed by atoms with van der Waals surface area (Å²) >= 11 is 14.9. The molecule has 0 N–H and O–H groups in total. The molecule has 0 amide bonds. The van der Waals surface area contributed by atoms with Crippen LogP contribution in [0.15, 0.2) is 122 Å². The maximum Gasteiger partial charge on any atom is 0.338 e.